The van der Waals surface area contributed by atoms with E-state index in [-0.39, 0.29) is 0 Å². The first kappa shape index (κ1) is 12.4. The molecule has 0 radical (unpaired) electrons. The van der Waals surface area contributed by atoms with Gasteiger partial charge in [-0.15, -0.1) is 0 Å². The van der Waals surface area contributed by atoms with Gasteiger partial charge in [0.2, 0.25) is 0 Å². The standard InChI is InChI=1S/C14H28N2/c1-12-10-15-8-9-16(11-12)13-4-6-14(2,3)7-5-13/h12-13,15H,4-11H2,1-3H3. The summed E-state index contributed by atoms with van der Waals surface area (Å²) in [4.78, 5) is 2.75. The summed E-state index contributed by atoms with van der Waals surface area (Å²) in [5, 5.41) is 3.54. The summed E-state index contributed by atoms with van der Waals surface area (Å²) in [5.41, 5.74) is 0.603. The van der Waals surface area contributed by atoms with Crippen LogP contribution in [0.2, 0.25) is 0 Å². The first-order chi connectivity index (χ1) is 7.57. The van der Waals surface area contributed by atoms with Crippen LogP contribution in [-0.4, -0.2) is 37.1 Å². The van der Waals surface area contributed by atoms with Crippen molar-refractivity contribution < 1.29 is 0 Å². The molecule has 2 aliphatic rings. The second kappa shape index (κ2) is 5.05. The van der Waals surface area contributed by atoms with Crippen LogP contribution >= 0.6 is 0 Å². The van der Waals surface area contributed by atoms with Crippen molar-refractivity contribution in [1.82, 2.24) is 10.2 Å². The van der Waals surface area contributed by atoms with Crippen molar-refractivity contribution >= 4 is 0 Å². The Balaban J connectivity index is 1.87. The fourth-order valence-electron chi connectivity index (χ4n) is 3.21. The Labute approximate surface area is 101 Å². The molecular weight excluding hydrogens is 196 g/mol. The quantitative estimate of drug-likeness (QED) is 0.736. The number of hydrogen-bond acceptors (Lipinski definition) is 2. The SMILES string of the molecule is CC1CNCCN(C2CCC(C)(C)CC2)C1. The van der Waals surface area contributed by atoms with E-state index in [0.29, 0.717) is 5.41 Å². The van der Waals surface area contributed by atoms with E-state index in [1.54, 1.807) is 0 Å². The van der Waals surface area contributed by atoms with E-state index >= 15 is 0 Å². The summed E-state index contributed by atoms with van der Waals surface area (Å²) >= 11 is 0. The molecule has 2 rings (SSSR count). The minimum Gasteiger partial charge on any atom is -0.315 e. The maximum atomic E-state index is 3.54. The molecular formula is C14H28N2. The predicted molar refractivity (Wildman–Crippen MR) is 69.6 cm³/mol. The van der Waals surface area contributed by atoms with Crippen molar-refractivity contribution in [2.75, 3.05) is 26.2 Å². The molecule has 0 spiro atoms. The van der Waals surface area contributed by atoms with Crippen LogP contribution in [0.25, 0.3) is 0 Å². The molecule has 1 heterocycles. The molecule has 1 saturated heterocycles. The largest absolute Gasteiger partial charge is 0.315 e. The van der Waals surface area contributed by atoms with Crippen LogP contribution in [0.5, 0.6) is 0 Å². The molecule has 1 N–H and O–H groups in total. The molecule has 1 aliphatic heterocycles. The lowest BCUT2D eigenvalue weighted by atomic mass is 9.75. The summed E-state index contributed by atoms with van der Waals surface area (Å²) in [6.07, 6.45) is 5.66. The monoisotopic (exact) mass is 224 g/mol. The average molecular weight is 224 g/mol. The molecule has 1 atom stereocenters. The maximum Gasteiger partial charge on any atom is 0.0110 e. The lowest BCUT2D eigenvalue weighted by Gasteiger charge is -2.40. The van der Waals surface area contributed by atoms with Crippen LogP contribution in [0.1, 0.15) is 46.5 Å². The van der Waals surface area contributed by atoms with Crippen LogP contribution < -0.4 is 5.32 Å². The molecule has 2 heteroatoms. The van der Waals surface area contributed by atoms with Gasteiger partial charge in [0.1, 0.15) is 0 Å². The van der Waals surface area contributed by atoms with Crippen LogP contribution in [0.3, 0.4) is 0 Å². The highest BCUT2D eigenvalue weighted by Crippen LogP contribution is 2.37. The predicted octanol–water partition coefficient (Wildman–Crippen LogP) is 2.50. The van der Waals surface area contributed by atoms with Crippen molar-refractivity contribution in [2.24, 2.45) is 11.3 Å². The van der Waals surface area contributed by atoms with Crippen molar-refractivity contribution in [3.05, 3.63) is 0 Å². The van der Waals surface area contributed by atoms with Gasteiger partial charge in [0.15, 0.2) is 0 Å². The molecule has 16 heavy (non-hydrogen) atoms. The van der Waals surface area contributed by atoms with Crippen LogP contribution in [0.4, 0.5) is 0 Å². The summed E-state index contributed by atoms with van der Waals surface area (Å²) < 4.78 is 0. The number of rotatable bonds is 1. The Kier molecular flexibility index (Phi) is 3.91. The van der Waals surface area contributed by atoms with E-state index in [9.17, 15) is 0 Å². The Morgan fingerprint density at radius 2 is 1.88 bits per heavy atom. The Hall–Kier alpha value is -0.0800. The molecule has 94 valence electrons. The zero-order valence-electron chi connectivity index (χ0n) is 11.3. The Morgan fingerprint density at radius 1 is 1.19 bits per heavy atom. The smallest absolute Gasteiger partial charge is 0.0110 e. The van der Waals surface area contributed by atoms with Gasteiger partial charge < -0.3 is 5.32 Å². The molecule has 2 fully saturated rings. The summed E-state index contributed by atoms with van der Waals surface area (Å²) in [6, 6.07) is 0.871. The van der Waals surface area contributed by atoms with Crippen LogP contribution in [-0.2, 0) is 0 Å². The first-order valence-electron chi connectivity index (χ1n) is 7.02. The third-order valence-corrected chi connectivity index (χ3v) is 4.44. The van der Waals surface area contributed by atoms with Gasteiger partial charge in [0, 0.05) is 25.7 Å². The van der Waals surface area contributed by atoms with Crippen LogP contribution in [0, 0.1) is 11.3 Å². The van der Waals surface area contributed by atoms with E-state index in [2.05, 4.69) is 31.0 Å². The number of nitrogens with one attached hydrogen (secondary N) is 1. The van der Waals surface area contributed by atoms with E-state index in [1.165, 1.54) is 51.9 Å². The Bertz CT molecular complexity index is 215. The molecule has 1 unspecified atom stereocenters. The lowest BCUT2D eigenvalue weighted by Crippen LogP contribution is -2.42. The summed E-state index contributed by atoms with van der Waals surface area (Å²) in [6.45, 7) is 12.2. The van der Waals surface area contributed by atoms with E-state index in [1.807, 2.05) is 0 Å². The second-order valence-corrected chi connectivity index (χ2v) is 6.70. The van der Waals surface area contributed by atoms with Crippen molar-refractivity contribution in [1.29, 1.82) is 0 Å². The zero-order chi connectivity index (χ0) is 11.6. The van der Waals surface area contributed by atoms with Crippen molar-refractivity contribution in [3.8, 4) is 0 Å². The minimum atomic E-state index is 0.603. The van der Waals surface area contributed by atoms with Crippen LogP contribution in [0.15, 0.2) is 0 Å². The molecule has 0 aromatic heterocycles. The van der Waals surface area contributed by atoms with Gasteiger partial charge in [0.25, 0.3) is 0 Å². The molecule has 0 amide bonds. The van der Waals surface area contributed by atoms with Gasteiger partial charge in [-0.3, -0.25) is 4.90 Å². The van der Waals surface area contributed by atoms with Gasteiger partial charge >= 0.3 is 0 Å². The summed E-state index contributed by atoms with van der Waals surface area (Å²) in [5.74, 6) is 0.817. The molecule has 1 saturated carbocycles. The highest BCUT2D eigenvalue weighted by atomic mass is 15.2. The van der Waals surface area contributed by atoms with Gasteiger partial charge in [0.05, 0.1) is 0 Å². The summed E-state index contributed by atoms with van der Waals surface area (Å²) in [7, 11) is 0. The third kappa shape index (κ3) is 3.21. The topological polar surface area (TPSA) is 15.3 Å². The van der Waals surface area contributed by atoms with Gasteiger partial charge in [-0.05, 0) is 43.6 Å². The highest BCUT2D eigenvalue weighted by Gasteiger charge is 2.30. The second-order valence-electron chi connectivity index (χ2n) is 6.70. The maximum absolute atomic E-state index is 3.54. The first-order valence-corrected chi connectivity index (χ1v) is 7.02. The van der Waals surface area contributed by atoms with E-state index in [0.717, 1.165) is 12.0 Å². The number of hydrogen-bond donors (Lipinski definition) is 1. The zero-order valence-corrected chi connectivity index (χ0v) is 11.3. The molecule has 1 aliphatic carbocycles. The molecule has 0 bridgehead atoms. The number of nitrogens with zero attached hydrogens (tertiary/aromatic N) is 1. The minimum absolute atomic E-state index is 0.603. The normalized spacial score (nSPS) is 33.6. The van der Waals surface area contributed by atoms with Gasteiger partial charge in [-0.1, -0.05) is 20.8 Å². The Morgan fingerprint density at radius 3 is 2.56 bits per heavy atom. The van der Waals surface area contributed by atoms with Crippen molar-refractivity contribution in [2.45, 2.75) is 52.5 Å². The van der Waals surface area contributed by atoms with Gasteiger partial charge in [-0.25, -0.2) is 0 Å². The average Bonchev–Trinajstić information content (AvgIpc) is 2.43. The highest BCUT2D eigenvalue weighted by molar-refractivity contribution is 4.85. The fourth-order valence-corrected chi connectivity index (χ4v) is 3.21. The molecule has 0 aromatic carbocycles. The molecule has 2 nitrogen and oxygen atoms in total. The van der Waals surface area contributed by atoms with Gasteiger partial charge in [-0.2, -0.15) is 0 Å². The van der Waals surface area contributed by atoms with Crippen molar-refractivity contribution in [3.63, 3.8) is 0 Å². The molecule has 0 aromatic rings. The third-order valence-electron chi connectivity index (χ3n) is 4.44. The fraction of sp³-hybridized carbons (Fsp3) is 1.00. The van der Waals surface area contributed by atoms with E-state index < -0.39 is 0 Å². The van der Waals surface area contributed by atoms with E-state index in [4.69, 9.17) is 0 Å². The lowest BCUT2D eigenvalue weighted by molar-refractivity contribution is 0.104.